The Labute approximate surface area is 144 Å². The van der Waals surface area contributed by atoms with Gasteiger partial charge in [-0.15, -0.1) is 10.2 Å². The molecule has 122 valence electrons. The number of amides is 1. The summed E-state index contributed by atoms with van der Waals surface area (Å²) in [5.74, 6) is 0.835. The largest absolute Gasteiger partial charge is 0.465 e. The lowest BCUT2D eigenvalue weighted by Crippen LogP contribution is -2.07. The van der Waals surface area contributed by atoms with Gasteiger partial charge in [-0.25, -0.2) is 0 Å². The molecule has 1 amide bonds. The molecule has 0 bridgehead atoms. The molecule has 2 aromatic heterocycles. The van der Waals surface area contributed by atoms with Crippen molar-refractivity contribution in [1.82, 2.24) is 10.2 Å². The number of nitrogens with zero attached hydrogens (tertiary/aromatic N) is 2. The average molecular weight is 339 g/mol. The zero-order chi connectivity index (χ0) is 16.9. The number of carbonyl (C=O) groups is 1. The smallest absolute Gasteiger partial charge is 0.250 e. The lowest BCUT2D eigenvalue weighted by atomic mass is 10.0. The summed E-state index contributed by atoms with van der Waals surface area (Å²) in [4.78, 5) is 11.9. The Bertz CT molecular complexity index is 834. The fraction of sp³-hybridized carbons (Fsp3) is 0.167. The number of benzene rings is 1. The van der Waals surface area contributed by atoms with E-state index in [1.165, 1.54) is 23.0 Å². The Morgan fingerprint density at radius 1 is 1.21 bits per heavy atom. The average Bonchev–Trinajstić information content (AvgIpc) is 3.25. The minimum Gasteiger partial charge on any atom is -0.465 e. The van der Waals surface area contributed by atoms with Crippen LogP contribution in [0.1, 0.15) is 31.1 Å². The lowest BCUT2D eigenvalue weighted by Gasteiger charge is -2.04. The summed E-state index contributed by atoms with van der Waals surface area (Å²) in [7, 11) is 0. The third kappa shape index (κ3) is 3.97. The predicted molar refractivity (Wildman–Crippen MR) is 95.8 cm³/mol. The first-order valence-corrected chi connectivity index (χ1v) is 8.40. The molecule has 0 radical (unpaired) electrons. The number of aromatic nitrogens is 2. The van der Waals surface area contributed by atoms with Crippen LogP contribution in [0.25, 0.3) is 16.6 Å². The maximum Gasteiger partial charge on any atom is 0.250 e. The second kappa shape index (κ2) is 7.23. The van der Waals surface area contributed by atoms with Crippen LogP contribution in [0.4, 0.5) is 5.13 Å². The summed E-state index contributed by atoms with van der Waals surface area (Å²) in [6, 6.07) is 11.8. The van der Waals surface area contributed by atoms with E-state index in [9.17, 15) is 4.79 Å². The molecule has 0 saturated heterocycles. The van der Waals surface area contributed by atoms with E-state index >= 15 is 0 Å². The Kier molecular flexibility index (Phi) is 4.86. The van der Waals surface area contributed by atoms with Crippen molar-refractivity contribution in [2.75, 3.05) is 5.32 Å². The van der Waals surface area contributed by atoms with E-state index in [0.29, 0.717) is 16.8 Å². The minimum atomic E-state index is -0.274. The zero-order valence-corrected chi connectivity index (χ0v) is 14.2. The summed E-state index contributed by atoms with van der Waals surface area (Å²) in [6.07, 6.45) is 4.55. The number of nitrogens with one attached hydrogen (secondary N) is 1. The molecule has 0 atom stereocenters. The minimum absolute atomic E-state index is 0.274. The fourth-order valence-corrected chi connectivity index (χ4v) is 2.84. The quantitative estimate of drug-likeness (QED) is 0.691. The van der Waals surface area contributed by atoms with Crippen molar-refractivity contribution in [1.29, 1.82) is 0 Å². The van der Waals surface area contributed by atoms with E-state index in [-0.39, 0.29) is 5.91 Å². The molecule has 3 aromatic rings. The molecule has 24 heavy (non-hydrogen) atoms. The number of rotatable bonds is 5. The van der Waals surface area contributed by atoms with Gasteiger partial charge in [0.05, 0.1) is 6.26 Å². The molecule has 3 rings (SSSR count). The Morgan fingerprint density at radius 3 is 2.67 bits per heavy atom. The van der Waals surface area contributed by atoms with Crippen LogP contribution in [0.5, 0.6) is 0 Å². The number of furan rings is 1. The molecule has 6 heteroatoms. The molecule has 1 aromatic carbocycles. The molecule has 0 aliphatic heterocycles. The van der Waals surface area contributed by atoms with Gasteiger partial charge in [-0.05, 0) is 29.7 Å². The molecule has 1 N–H and O–H groups in total. The van der Waals surface area contributed by atoms with Crippen LogP contribution in [0.2, 0.25) is 0 Å². The summed E-state index contributed by atoms with van der Waals surface area (Å²) in [5.41, 5.74) is 2.27. The summed E-state index contributed by atoms with van der Waals surface area (Å²) in [6.45, 7) is 4.31. The molecular formula is C18H17N3O2S. The fourth-order valence-electron chi connectivity index (χ4n) is 2.09. The number of carbonyl (C=O) groups excluding carboxylic acids is 1. The molecular weight excluding hydrogens is 322 g/mol. The number of hydrogen-bond donors (Lipinski definition) is 1. The van der Waals surface area contributed by atoms with Crippen LogP contribution in [0.15, 0.2) is 53.2 Å². The molecule has 0 spiro atoms. The third-order valence-electron chi connectivity index (χ3n) is 3.42. The van der Waals surface area contributed by atoms with Gasteiger partial charge < -0.3 is 4.42 Å². The number of hydrogen-bond acceptors (Lipinski definition) is 5. The molecule has 0 unspecified atom stereocenters. The van der Waals surface area contributed by atoms with Crippen LogP contribution < -0.4 is 5.32 Å². The Morgan fingerprint density at radius 2 is 2.00 bits per heavy atom. The van der Waals surface area contributed by atoms with Crippen LogP contribution in [-0.4, -0.2) is 16.1 Å². The molecule has 0 fully saturated rings. The predicted octanol–water partition coefficient (Wildman–Crippen LogP) is 4.57. The molecule has 0 aliphatic carbocycles. The highest BCUT2D eigenvalue weighted by Crippen LogP contribution is 2.27. The first kappa shape index (κ1) is 16.1. The van der Waals surface area contributed by atoms with Crippen LogP contribution in [0.3, 0.4) is 0 Å². The van der Waals surface area contributed by atoms with Crippen molar-refractivity contribution < 1.29 is 9.21 Å². The SMILES string of the molecule is CC(C)c1ccc(-c2nnc(NC(=O)C=Cc3ccco3)s2)cc1. The van der Waals surface area contributed by atoms with Crippen molar-refractivity contribution in [2.45, 2.75) is 19.8 Å². The van der Waals surface area contributed by atoms with Gasteiger partial charge in [0, 0.05) is 11.6 Å². The Balaban J connectivity index is 1.65. The van der Waals surface area contributed by atoms with Crippen molar-refractivity contribution in [3.8, 4) is 10.6 Å². The van der Waals surface area contributed by atoms with E-state index in [4.69, 9.17) is 4.42 Å². The van der Waals surface area contributed by atoms with Gasteiger partial charge in [-0.1, -0.05) is 49.4 Å². The van der Waals surface area contributed by atoms with Crippen molar-refractivity contribution in [3.63, 3.8) is 0 Å². The summed E-state index contributed by atoms with van der Waals surface area (Å²) >= 11 is 1.34. The lowest BCUT2D eigenvalue weighted by molar-refractivity contribution is -0.111. The highest BCUT2D eigenvalue weighted by molar-refractivity contribution is 7.18. The molecule has 0 saturated carbocycles. The van der Waals surface area contributed by atoms with Gasteiger partial charge >= 0.3 is 0 Å². The van der Waals surface area contributed by atoms with Crippen LogP contribution >= 0.6 is 11.3 Å². The Hall–Kier alpha value is -2.73. The zero-order valence-electron chi connectivity index (χ0n) is 13.4. The maximum absolute atomic E-state index is 11.9. The standard InChI is InChI=1S/C18H17N3O2S/c1-12(2)13-5-7-14(8-6-13)17-20-21-18(24-17)19-16(22)10-9-15-4-3-11-23-15/h3-12H,1-2H3,(H,19,21,22). The highest BCUT2D eigenvalue weighted by Gasteiger charge is 2.09. The maximum atomic E-state index is 11.9. The van der Waals surface area contributed by atoms with Crippen LogP contribution in [-0.2, 0) is 4.79 Å². The topological polar surface area (TPSA) is 68.0 Å². The van der Waals surface area contributed by atoms with E-state index in [2.05, 4.69) is 41.5 Å². The molecule has 0 aliphatic rings. The normalized spacial score (nSPS) is 11.3. The van der Waals surface area contributed by atoms with Gasteiger partial charge in [0.15, 0.2) is 0 Å². The van der Waals surface area contributed by atoms with Crippen molar-refractivity contribution >= 4 is 28.5 Å². The second-order valence-corrected chi connectivity index (χ2v) is 6.50. The van der Waals surface area contributed by atoms with E-state index in [1.807, 2.05) is 12.1 Å². The van der Waals surface area contributed by atoms with Gasteiger partial charge in [-0.2, -0.15) is 0 Å². The van der Waals surface area contributed by atoms with Gasteiger partial charge in [-0.3, -0.25) is 10.1 Å². The molecule has 5 nitrogen and oxygen atoms in total. The van der Waals surface area contributed by atoms with E-state index in [0.717, 1.165) is 10.6 Å². The van der Waals surface area contributed by atoms with E-state index in [1.54, 1.807) is 24.5 Å². The summed E-state index contributed by atoms with van der Waals surface area (Å²) < 4.78 is 5.13. The third-order valence-corrected chi connectivity index (χ3v) is 4.31. The summed E-state index contributed by atoms with van der Waals surface area (Å²) in [5, 5.41) is 12.1. The van der Waals surface area contributed by atoms with Gasteiger partial charge in [0.1, 0.15) is 10.8 Å². The highest BCUT2D eigenvalue weighted by atomic mass is 32.1. The first-order chi connectivity index (χ1) is 11.6. The van der Waals surface area contributed by atoms with E-state index < -0.39 is 0 Å². The van der Waals surface area contributed by atoms with Gasteiger partial charge in [0.2, 0.25) is 11.0 Å². The molecule has 2 heterocycles. The van der Waals surface area contributed by atoms with Gasteiger partial charge in [0.25, 0.3) is 0 Å². The first-order valence-electron chi connectivity index (χ1n) is 7.58. The number of anilines is 1. The second-order valence-electron chi connectivity index (χ2n) is 5.53. The van der Waals surface area contributed by atoms with Crippen molar-refractivity contribution in [2.24, 2.45) is 0 Å². The van der Waals surface area contributed by atoms with Crippen molar-refractivity contribution in [3.05, 3.63) is 60.1 Å². The monoisotopic (exact) mass is 339 g/mol. The van der Waals surface area contributed by atoms with Crippen LogP contribution in [0, 0.1) is 0 Å².